The van der Waals surface area contributed by atoms with E-state index in [-0.39, 0.29) is 29.6 Å². The Hall–Kier alpha value is -4.51. The standard InChI is InChI=1S/C31H32ClFN6O4/c1-31(2,3)43-30(42)34-22-11-12-26(33)24(15-22)27-19-39(36-35-27)23-8-6-14-37(18-23)29(41)21-10-13-28(40)38(17-21)16-20-7-4-5-9-25(20)32/h4-5,7,9-13,15,17,19,23H,6,8,14,16,18H2,1-3H3,(H,34,42). The molecule has 1 atom stereocenters. The molecule has 43 heavy (non-hydrogen) atoms. The van der Waals surface area contributed by atoms with Crippen molar-refractivity contribution in [1.29, 1.82) is 0 Å². The molecule has 224 valence electrons. The predicted octanol–water partition coefficient (Wildman–Crippen LogP) is 5.77. The number of pyridine rings is 1. The average Bonchev–Trinajstić information content (AvgIpc) is 3.45. The summed E-state index contributed by atoms with van der Waals surface area (Å²) in [6.45, 7) is 6.42. The fourth-order valence-electron chi connectivity index (χ4n) is 4.93. The van der Waals surface area contributed by atoms with Crippen LogP contribution in [0.3, 0.4) is 0 Å². The molecule has 12 heteroatoms. The fraction of sp³-hybridized carbons (Fsp3) is 0.323. The van der Waals surface area contributed by atoms with Gasteiger partial charge in [0.25, 0.3) is 11.5 Å². The van der Waals surface area contributed by atoms with Crippen molar-refractivity contribution in [3.05, 3.63) is 99.3 Å². The van der Waals surface area contributed by atoms with E-state index >= 15 is 0 Å². The molecule has 1 aliphatic rings. The Morgan fingerprint density at radius 1 is 1.12 bits per heavy atom. The fourth-order valence-corrected chi connectivity index (χ4v) is 5.12. The van der Waals surface area contributed by atoms with Crippen LogP contribution >= 0.6 is 11.6 Å². The summed E-state index contributed by atoms with van der Waals surface area (Å²) in [5.41, 5.74) is 1.07. The van der Waals surface area contributed by atoms with Crippen LogP contribution < -0.4 is 10.9 Å². The van der Waals surface area contributed by atoms with Crippen molar-refractivity contribution in [2.45, 2.75) is 51.8 Å². The van der Waals surface area contributed by atoms with Crippen molar-refractivity contribution in [2.75, 3.05) is 18.4 Å². The molecule has 4 aromatic rings. The Labute approximate surface area is 253 Å². The summed E-state index contributed by atoms with van der Waals surface area (Å²) in [5.74, 6) is -0.723. The van der Waals surface area contributed by atoms with Gasteiger partial charge in [-0.25, -0.2) is 13.9 Å². The lowest BCUT2D eigenvalue weighted by Gasteiger charge is -2.32. The Bertz CT molecular complexity index is 1710. The monoisotopic (exact) mass is 606 g/mol. The van der Waals surface area contributed by atoms with E-state index in [0.717, 1.165) is 18.4 Å². The zero-order chi connectivity index (χ0) is 30.7. The minimum Gasteiger partial charge on any atom is -0.444 e. The molecule has 0 bridgehead atoms. The maximum atomic E-state index is 14.8. The van der Waals surface area contributed by atoms with Gasteiger partial charge in [-0.3, -0.25) is 14.9 Å². The van der Waals surface area contributed by atoms with Gasteiger partial charge in [0, 0.05) is 41.6 Å². The first-order valence-corrected chi connectivity index (χ1v) is 14.3. The minimum atomic E-state index is -0.679. The zero-order valence-corrected chi connectivity index (χ0v) is 24.8. The van der Waals surface area contributed by atoms with Crippen LogP contribution in [0.1, 0.15) is 55.6 Å². The molecule has 2 amide bonds. The van der Waals surface area contributed by atoms with Gasteiger partial charge in [-0.2, -0.15) is 0 Å². The molecule has 1 fully saturated rings. The number of rotatable bonds is 6. The van der Waals surface area contributed by atoms with E-state index in [0.29, 0.717) is 35.1 Å². The van der Waals surface area contributed by atoms with E-state index in [2.05, 4.69) is 15.6 Å². The number of halogens is 2. The highest BCUT2D eigenvalue weighted by atomic mass is 35.5. The zero-order valence-electron chi connectivity index (χ0n) is 24.1. The van der Waals surface area contributed by atoms with Crippen LogP contribution in [0.5, 0.6) is 0 Å². The molecular weight excluding hydrogens is 575 g/mol. The number of benzene rings is 2. The average molecular weight is 607 g/mol. The van der Waals surface area contributed by atoms with Crippen LogP contribution in [-0.2, 0) is 11.3 Å². The molecule has 3 heterocycles. The summed E-state index contributed by atoms with van der Waals surface area (Å²) >= 11 is 6.28. The number of hydrogen-bond donors (Lipinski definition) is 1. The highest BCUT2D eigenvalue weighted by molar-refractivity contribution is 6.31. The lowest BCUT2D eigenvalue weighted by Crippen LogP contribution is -2.41. The van der Waals surface area contributed by atoms with Crippen molar-refractivity contribution in [1.82, 2.24) is 24.5 Å². The third-order valence-corrected chi connectivity index (χ3v) is 7.35. The Kier molecular flexibility index (Phi) is 8.63. The van der Waals surface area contributed by atoms with E-state index < -0.39 is 17.5 Å². The number of likely N-dealkylation sites (tertiary alicyclic amines) is 1. The second-order valence-electron chi connectivity index (χ2n) is 11.4. The number of carbonyl (C=O) groups excluding carboxylic acids is 2. The number of anilines is 1. The number of piperidine rings is 1. The Morgan fingerprint density at radius 3 is 2.67 bits per heavy atom. The lowest BCUT2D eigenvalue weighted by molar-refractivity contribution is 0.0634. The minimum absolute atomic E-state index is 0.171. The van der Waals surface area contributed by atoms with E-state index in [1.165, 1.54) is 34.9 Å². The molecule has 0 spiro atoms. The molecule has 1 saturated heterocycles. The van der Waals surface area contributed by atoms with Crippen molar-refractivity contribution >= 4 is 29.3 Å². The van der Waals surface area contributed by atoms with Crippen LogP contribution in [0.4, 0.5) is 14.9 Å². The summed E-state index contributed by atoms with van der Waals surface area (Å²) in [6.07, 6.45) is 4.03. The van der Waals surface area contributed by atoms with E-state index in [4.69, 9.17) is 16.3 Å². The summed E-state index contributed by atoms with van der Waals surface area (Å²) in [5, 5.41) is 11.6. The number of nitrogens with one attached hydrogen (secondary N) is 1. The van der Waals surface area contributed by atoms with Gasteiger partial charge in [0.15, 0.2) is 0 Å². The number of hydrogen-bond acceptors (Lipinski definition) is 6. The Morgan fingerprint density at radius 2 is 1.91 bits per heavy atom. The van der Waals surface area contributed by atoms with Crippen LogP contribution in [-0.4, -0.2) is 55.2 Å². The molecule has 1 aliphatic heterocycles. The SMILES string of the molecule is CC(C)(C)OC(=O)Nc1ccc(F)c(-c2cn(C3CCCN(C(=O)c4ccc(=O)n(Cc5ccccc5Cl)c4)C3)nn2)c1. The van der Waals surface area contributed by atoms with Gasteiger partial charge in [-0.1, -0.05) is 35.0 Å². The summed E-state index contributed by atoms with van der Waals surface area (Å²) in [4.78, 5) is 39.9. The van der Waals surface area contributed by atoms with Gasteiger partial charge < -0.3 is 14.2 Å². The molecule has 2 aromatic heterocycles. The van der Waals surface area contributed by atoms with Crippen molar-refractivity contribution in [2.24, 2.45) is 0 Å². The highest BCUT2D eigenvalue weighted by Crippen LogP contribution is 2.28. The van der Waals surface area contributed by atoms with Gasteiger partial charge in [0.05, 0.1) is 24.3 Å². The first-order valence-electron chi connectivity index (χ1n) is 13.9. The van der Waals surface area contributed by atoms with E-state index in [1.807, 2.05) is 18.2 Å². The maximum absolute atomic E-state index is 14.8. The largest absolute Gasteiger partial charge is 0.444 e. The van der Waals surface area contributed by atoms with E-state index in [9.17, 15) is 18.8 Å². The Balaban J connectivity index is 1.29. The molecular formula is C31H32ClFN6O4. The quantitative estimate of drug-likeness (QED) is 0.298. The highest BCUT2D eigenvalue weighted by Gasteiger charge is 2.27. The lowest BCUT2D eigenvalue weighted by atomic mass is 10.0. The number of amides is 2. The van der Waals surface area contributed by atoms with Gasteiger partial charge in [0.1, 0.15) is 17.1 Å². The molecule has 1 N–H and O–H groups in total. The summed E-state index contributed by atoms with van der Waals surface area (Å²) in [7, 11) is 0. The number of nitrogens with zero attached hydrogens (tertiary/aromatic N) is 5. The number of carbonyl (C=O) groups is 2. The number of aromatic nitrogens is 4. The molecule has 0 saturated carbocycles. The van der Waals surface area contributed by atoms with Crippen LogP contribution in [0, 0.1) is 5.82 Å². The third kappa shape index (κ3) is 7.29. The van der Waals surface area contributed by atoms with Crippen molar-refractivity contribution in [3.63, 3.8) is 0 Å². The molecule has 1 unspecified atom stereocenters. The summed E-state index contributed by atoms with van der Waals surface area (Å²) < 4.78 is 23.2. The molecule has 5 rings (SSSR count). The third-order valence-electron chi connectivity index (χ3n) is 6.98. The van der Waals surface area contributed by atoms with Crippen molar-refractivity contribution < 1.29 is 18.7 Å². The van der Waals surface area contributed by atoms with Gasteiger partial charge in [0.2, 0.25) is 0 Å². The number of ether oxygens (including phenoxy) is 1. The van der Waals surface area contributed by atoms with Gasteiger partial charge >= 0.3 is 6.09 Å². The normalized spacial score (nSPS) is 15.3. The molecule has 0 aliphatic carbocycles. The smallest absolute Gasteiger partial charge is 0.412 e. The van der Waals surface area contributed by atoms with Crippen LogP contribution in [0.25, 0.3) is 11.3 Å². The van der Waals surface area contributed by atoms with Crippen molar-refractivity contribution in [3.8, 4) is 11.3 Å². The molecule has 2 aromatic carbocycles. The predicted molar refractivity (Wildman–Crippen MR) is 161 cm³/mol. The second kappa shape index (κ2) is 12.4. The van der Waals surface area contributed by atoms with E-state index in [1.54, 1.807) is 48.8 Å². The first-order chi connectivity index (χ1) is 20.5. The first kappa shape index (κ1) is 30.0. The molecule has 0 radical (unpaired) electrons. The van der Waals surface area contributed by atoms with Crippen LogP contribution in [0.2, 0.25) is 5.02 Å². The van der Waals surface area contributed by atoms with Gasteiger partial charge in [-0.05, 0) is 69.5 Å². The van der Waals surface area contributed by atoms with Gasteiger partial charge in [-0.15, -0.1) is 5.10 Å². The molecule has 10 nitrogen and oxygen atoms in total. The topological polar surface area (TPSA) is 111 Å². The maximum Gasteiger partial charge on any atom is 0.412 e. The summed E-state index contributed by atoms with van der Waals surface area (Å²) in [6, 6.07) is 14.1. The second-order valence-corrected chi connectivity index (χ2v) is 11.8. The van der Waals surface area contributed by atoms with Crippen LogP contribution in [0.15, 0.2) is 71.8 Å².